The van der Waals surface area contributed by atoms with E-state index in [1.54, 1.807) is 53.1 Å². The van der Waals surface area contributed by atoms with Gasteiger partial charge in [0.2, 0.25) is 0 Å². The maximum atomic E-state index is 12.7. The second-order valence-corrected chi connectivity index (χ2v) is 8.52. The molecule has 4 rings (SSSR count). The number of fused-ring (bicyclic) bond motifs is 2. The first kappa shape index (κ1) is 18.4. The Bertz CT molecular complexity index is 1220. The summed E-state index contributed by atoms with van der Waals surface area (Å²) in [6.45, 7) is -0.0459. The van der Waals surface area contributed by atoms with Gasteiger partial charge in [-0.05, 0) is 52.3 Å². The minimum absolute atomic E-state index is 0.0459. The van der Waals surface area contributed by atoms with E-state index in [-0.39, 0.29) is 12.0 Å². The second-order valence-electron chi connectivity index (χ2n) is 6.06. The van der Waals surface area contributed by atoms with Crippen LogP contribution >= 0.6 is 27.3 Å². The number of hydrogen-bond acceptors (Lipinski definition) is 4. The van der Waals surface area contributed by atoms with Crippen LogP contribution in [-0.2, 0) is 11.3 Å². The van der Waals surface area contributed by atoms with Crippen LogP contribution in [0.15, 0.2) is 69.2 Å². The van der Waals surface area contributed by atoms with Gasteiger partial charge >= 0.3 is 0 Å². The van der Waals surface area contributed by atoms with E-state index in [2.05, 4.69) is 26.8 Å². The molecule has 2 aromatic carbocycles. The van der Waals surface area contributed by atoms with Crippen LogP contribution in [0.5, 0.6) is 0 Å². The van der Waals surface area contributed by atoms with Crippen molar-refractivity contribution in [3.8, 4) is 0 Å². The molecule has 0 radical (unpaired) electrons. The molecule has 0 spiro atoms. The number of nitrogens with zero attached hydrogens (tertiary/aromatic N) is 1. The average Bonchev–Trinajstić information content (AvgIpc) is 3.16. The number of pyridine rings is 1. The van der Waals surface area contributed by atoms with Crippen molar-refractivity contribution in [2.75, 3.05) is 0 Å². The monoisotopic (exact) mass is 455 g/mol. The lowest BCUT2D eigenvalue weighted by Crippen LogP contribution is -2.43. The van der Waals surface area contributed by atoms with Crippen molar-refractivity contribution in [3.05, 3.63) is 79.6 Å². The zero-order valence-electron chi connectivity index (χ0n) is 14.4. The summed E-state index contributed by atoms with van der Waals surface area (Å²) in [6, 6.07) is 17.8. The van der Waals surface area contributed by atoms with Crippen molar-refractivity contribution in [3.63, 3.8) is 0 Å². The van der Waals surface area contributed by atoms with E-state index in [4.69, 9.17) is 0 Å². The Morgan fingerprint density at radius 1 is 0.893 bits per heavy atom. The molecular weight excluding hydrogens is 442 g/mol. The van der Waals surface area contributed by atoms with E-state index >= 15 is 0 Å². The predicted molar refractivity (Wildman–Crippen MR) is 113 cm³/mol. The van der Waals surface area contributed by atoms with Crippen LogP contribution in [0.1, 0.15) is 9.67 Å². The number of carbonyl (C=O) groups is 2. The number of hydrazine groups is 1. The Morgan fingerprint density at radius 2 is 1.50 bits per heavy atom. The Morgan fingerprint density at radius 3 is 2.07 bits per heavy atom. The average molecular weight is 456 g/mol. The van der Waals surface area contributed by atoms with Gasteiger partial charge in [0, 0.05) is 10.8 Å². The summed E-state index contributed by atoms with van der Waals surface area (Å²) in [5, 5.41) is 1.09. The van der Waals surface area contributed by atoms with Crippen LogP contribution in [0.2, 0.25) is 0 Å². The molecule has 0 aliphatic heterocycles. The zero-order chi connectivity index (χ0) is 19.7. The number of rotatable bonds is 3. The molecule has 8 heteroatoms. The molecule has 0 unspecified atom stereocenters. The van der Waals surface area contributed by atoms with Crippen LogP contribution < -0.4 is 16.3 Å². The number of halogens is 1. The fraction of sp³-hybridized carbons (Fsp3) is 0.0500. The van der Waals surface area contributed by atoms with Gasteiger partial charge in [-0.25, -0.2) is 0 Å². The maximum absolute atomic E-state index is 12.7. The summed E-state index contributed by atoms with van der Waals surface area (Å²) in [6.07, 6.45) is 0. The fourth-order valence-corrected chi connectivity index (χ4v) is 4.34. The number of hydrogen-bond donors (Lipinski definition) is 2. The third-order valence-electron chi connectivity index (χ3n) is 4.29. The lowest BCUT2D eigenvalue weighted by atomic mass is 10.1. The van der Waals surface area contributed by atoms with Crippen molar-refractivity contribution in [1.82, 2.24) is 15.4 Å². The largest absolute Gasteiger partial charge is 0.331 e. The topological polar surface area (TPSA) is 80.2 Å². The van der Waals surface area contributed by atoms with Crippen LogP contribution in [0.4, 0.5) is 0 Å². The van der Waals surface area contributed by atoms with Gasteiger partial charge in [-0.15, -0.1) is 11.3 Å². The number of amides is 2. The van der Waals surface area contributed by atoms with E-state index in [9.17, 15) is 14.4 Å². The molecule has 2 N–H and O–H groups in total. The minimum atomic E-state index is -0.400. The van der Waals surface area contributed by atoms with Crippen molar-refractivity contribution in [2.24, 2.45) is 0 Å². The van der Waals surface area contributed by atoms with Crippen molar-refractivity contribution in [2.45, 2.75) is 6.54 Å². The molecule has 140 valence electrons. The van der Waals surface area contributed by atoms with E-state index in [1.165, 1.54) is 11.3 Å². The summed E-state index contributed by atoms with van der Waals surface area (Å²) in [5.74, 6) is -0.790. The molecule has 2 heterocycles. The van der Waals surface area contributed by atoms with Crippen molar-refractivity contribution < 1.29 is 9.59 Å². The molecule has 0 fully saturated rings. The predicted octanol–water partition coefficient (Wildman–Crippen LogP) is 3.44. The highest BCUT2D eigenvalue weighted by Crippen LogP contribution is 2.22. The zero-order valence-corrected chi connectivity index (χ0v) is 16.8. The van der Waals surface area contributed by atoms with E-state index in [1.807, 2.05) is 12.1 Å². The molecule has 0 atom stereocenters. The standard InChI is InChI=1S/C20H14BrN3O3S/c21-17-10-9-16(28-17)20(27)23-22-18(25)11-24-14-7-3-1-5-12(14)19(26)13-6-2-4-8-15(13)24/h1-10H,11H2,(H,22,25)(H,23,27). The van der Waals surface area contributed by atoms with E-state index < -0.39 is 11.8 Å². The van der Waals surface area contributed by atoms with Gasteiger partial charge in [-0.3, -0.25) is 25.2 Å². The molecule has 0 bridgehead atoms. The molecule has 0 aliphatic rings. The minimum Gasteiger partial charge on any atom is -0.331 e. The normalized spacial score (nSPS) is 10.9. The summed E-state index contributed by atoms with van der Waals surface area (Å²) < 4.78 is 2.60. The highest BCUT2D eigenvalue weighted by Gasteiger charge is 2.14. The molecule has 0 saturated carbocycles. The Labute approximate surface area is 171 Å². The Kier molecular flexibility index (Phi) is 4.97. The van der Waals surface area contributed by atoms with Crippen LogP contribution in [0, 0.1) is 0 Å². The molecular formula is C20H14BrN3O3S. The number of benzene rings is 2. The maximum Gasteiger partial charge on any atom is 0.279 e. The van der Waals surface area contributed by atoms with Crippen LogP contribution in [-0.4, -0.2) is 16.4 Å². The molecule has 0 saturated heterocycles. The van der Waals surface area contributed by atoms with Crippen LogP contribution in [0.3, 0.4) is 0 Å². The smallest absolute Gasteiger partial charge is 0.279 e. The number of aromatic nitrogens is 1. The molecule has 6 nitrogen and oxygen atoms in total. The SMILES string of the molecule is O=C(Cn1c2ccccc2c(=O)c2ccccc21)NNC(=O)c1ccc(Br)s1. The molecule has 2 aromatic heterocycles. The van der Waals surface area contributed by atoms with Gasteiger partial charge in [-0.2, -0.15) is 0 Å². The van der Waals surface area contributed by atoms with Gasteiger partial charge in [0.25, 0.3) is 11.8 Å². The summed E-state index contributed by atoms with van der Waals surface area (Å²) >= 11 is 4.57. The number of carbonyl (C=O) groups excluding carboxylic acids is 2. The molecule has 4 aromatic rings. The highest BCUT2D eigenvalue weighted by molar-refractivity contribution is 9.11. The third kappa shape index (κ3) is 3.44. The third-order valence-corrected chi connectivity index (χ3v) is 5.92. The first-order valence-corrected chi connectivity index (χ1v) is 10.0. The second kappa shape index (κ2) is 7.57. The lowest BCUT2D eigenvalue weighted by molar-refractivity contribution is -0.122. The van der Waals surface area contributed by atoms with Gasteiger partial charge in [0.05, 0.1) is 19.7 Å². The first-order chi connectivity index (χ1) is 13.5. The van der Waals surface area contributed by atoms with Gasteiger partial charge in [0.1, 0.15) is 6.54 Å². The van der Waals surface area contributed by atoms with Crippen molar-refractivity contribution >= 4 is 60.9 Å². The summed E-state index contributed by atoms with van der Waals surface area (Å²) in [5.41, 5.74) is 6.11. The first-order valence-electron chi connectivity index (χ1n) is 8.39. The number of nitrogens with one attached hydrogen (secondary N) is 2. The summed E-state index contributed by atoms with van der Waals surface area (Å²) in [4.78, 5) is 37.8. The lowest BCUT2D eigenvalue weighted by Gasteiger charge is -2.15. The number of para-hydroxylation sites is 2. The number of thiophene rings is 1. The fourth-order valence-electron chi connectivity index (χ4n) is 3.05. The highest BCUT2D eigenvalue weighted by atomic mass is 79.9. The van der Waals surface area contributed by atoms with Gasteiger partial charge in [-0.1, -0.05) is 24.3 Å². The molecule has 0 aliphatic carbocycles. The van der Waals surface area contributed by atoms with Gasteiger partial charge in [0.15, 0.2) is 5.43 Å². The van der Waals surface area contributed by atoms with Crippen molar-refractivity contribution in [1.29, 1.82) is 0 Å². The quantitative estimate of drug-likeness (QED) is 0.366. The van der Waals surface area contributed by atoms with E-state index in [0.717, 1.165) is 3.79 Å². The molecule has 28 heavy (non-hydrogen) atoms. The Hall–Kier alpha value is -2.97. The van der Waals surface area contributed by atoms with E-state index in [0.29, 0.717) is 26.7 Å². The molecule has 2 amide bonds. The van der Waals surface area contributed by atoms with Gasteiger partial charge < -0.3 is 4.57 Å². The van der Waals surface area contributed by atoms with Crippen LogP contribution in [0.25, 0.3) is 21.8 Å². The summed E-state index contributed by atoms with van der Waals surface area (Å²) in [7, 11) is 0. The Balaban J connectivity index is 1.63.